The predicted octanol–water partition coefficient (Wildman–Crippen LogP) is 1.28. The Kier molecular flexibility index (Phi) is 1.61. The third-order valence-corrected chi connectivity index (χ3v) is 1.71. The molecular formula is C7H5N5O. The van der Waals surface area contributed by atoms with Gasteiger partial charge in [-0.15, -0.1) is 0 Å². The normalized spacial score (nSPS) is 24.0. The Hall–Kier alpha value is -2.07. The van der Waals surface area contributed by atoms with Crippen LogP contribution in [0.15, 0.2) is 34.0 Å². The summed E-state index contributed by atoms with van der Waals surface area (Å²) in [6.45, 7) is 0. The second-order valence-corrected chi connectivity index (χ2v) is 2.56. The summed E-state index contributed by atoms with van der Waals surface area (Å²) < 4.78 is 0. The molecule has 0 aromatic rings. The minimum absolute atomic E-state index is 0.336. The van der Waals surface area contributed by atoms with Crippen LogP contribution in [0.3, 0.4) is 0 Å². The number of nitrogens with one attached hydrogen (secondary N) is 1. The third kappa shape index (κ3) is 1.30. The first-order valence-electron chi connectivity index (χ1n) is 3.64. The van der Waals surface area contributed by atoms with Gasteiger partial charge in [0, 0.05) is 4.91 Å². The summed E-state index contributed by atoms with van der Waals surface area (Å²) in [6, 6.07) is -0.718. The van der Waals surface area contributed by atoms with Crippen molar-refractivity contribution in [1.82, 2.24) is 5.32 Å². The molecule has 0 aromatic heterocycles. The number of aliphatic imine (C=N–C) groups is 1. The fourth-order valence-electron chi connectivity index (χ4n) is 1.18. The molecule has 0 spiro atoms. The van der Waals surface area contributed by atoms with Crippen LogP contribution in [0.5, 0.6) is 0 Å². The molecule has 1 atom stereocenters. The number of amides is 2. The van der Waals surface area contributed by atoms with Crippen LogP contribution in [0.4, 0.5) is 4.79 Å². The second-order valence-electron chi connectivity index (χ2n) is 2.56. The Morgan fingerprint density at radius 2 is 2.54 bits per heavy atom. The van der Waals surface area contributed by atoms with Crippen molar-refractivity contribution in [2.45, 2.75) is 6.04 Å². The van der Waals surface area contributed by atoms with Crippen LogP contribution in [-0.4, -0.2) is 17.8 Å². The molecule has 0 saturated carbocycles. The fourth-order valence-corrected chi connectivity index (χ4v) is 1.18. The van der Waals surface area contributed by atoms with Gasteiger partial charge in [0.05, 0.1) is 17.5 Å². The van der Waals surface area contributed by atoms with Crippen molar-refractivity contribution in [3.63, 3.8) is 0 Å². The van der Waals surface area contributed by atoms with E-state index in [0.29, 0.717) is 11.4 Å². The molecule has 1 unspecified atom stereocenters. The molecule has 13 heavy (non-hydrogen) atoms. The van der Waals surface area contributed by atoms with E-state index in [1.54, 1.807) is 18.2 Å². The number of allylic oxidation sites excluding steroid dienone is 1. The number of hydrogen-bond acceptors (Lipinski definition) is 2. The molecule has 1 aliphatic carbocycles. The molecule has 0 aromatic carbocycles. The molecule has 2 amide bonds. The zero-order valence-electron chi connectivity index (χ0n) is 6.51. The van der Waals surface area contributed by atoms with Crippen molar-refractivity contribution in [2.24, 2.45) is 10.1 Å². The molecule has 2 aliphatic rings. The summed E-state index contributed by atoms with van der Waals surface area (Å²) >= 11 is 0. The minimum Gasteiger partial charge on any atom is -0.304 e. The van der Waals surface area contributed by atoms with E-state index in [-0.39, 0.29) is 12.1 Å². The number of fused-ring (bicyclic) bond motifs is 1. The van der Waals surface area contributed by atoms with E-state index in [0.717, 1.165) is 0 Å². The lowest BCUT2D eigenvalue weighted by atomic mass is 10.1. The molecule has 6 nitrogen and oxygen atoms in total. The van der Waals surface area contributed by atoms with Gasteiger partial charge >= 0.3 is 6.03 Å². The molecular weight excluding hydrogens is 170 g/mol. The maximum Gasteiger partial charge on any atom is 0.346 e. The minimum atomic E-state index is -0.382. The van der Waals surface area contributed by atoms with Crippen molar-refractivity contribution >= 4 is 11.7 Å². The molecule has 6 heteroatoms. The van der Waals surface area contributed by atoms with Crippen LogP contribution in [0, 0.1) is 0 Å². The number of nitrogens with zero attached hydrogens (tertiary/aromatic N) is 4. The first kappa shape index (κ1) is 7.57. The molecule has 2 rings (SSSR count). The Balaban J connectivity index is 2.32. The van der Waals surface area contributed by atoms with Gasteiger partial charge in [0.15, 0.2) is 0 Å². The summed E-state index contributed by atoms with van der Waals surface area (Å²) in [5.41, 5.74) is 9.40. The lowest BCUT2D eigenvalue weighted by Crippen LogP contribution is -2.18. The van der Waals surface area contributed by atoms with Gasteiger partial charge in [0.1, 0.15) is 0 Å². The predicted molar refractivity (Wildman–Crippen MR) is 46.1 cm³/mol. The highest BCUT2D eigenvalue weighted by Gasteiger charge is 2.20. The van der Waals surface area contributed by atoms with Crippen LogP contribution < -0.4 is 5.32 Å². The van der Waals surface area contributed by atoms with E-state index in [9.17, 15) is 4.79 Å². The Bertz CT molecular complexity index is 399. The van der Waals surface area contributed by atoms with Crippen LogP contribution >= 0.6 is 0 Å². The monoisotopic (exact) mass is 175 g/mol. The van der Waals surface area contributed by atoms with E-state index in [2.05, 4.69) is 20.3 Å². The van der Waals surface area contributed by atoms with Gasteiger partial charge in [-0.25, -0.2) is 4.79 Å². The lowest BCUT2D eigenvalue weighted by Gasteiger charge is -2.07. The van der Waals surface area contributed by atoms with Crippen LogP contribution in [0.25, 0.3) is 10.4 Å². The fraction of sp³-hybridized carbons (Fsp3) is 0.143. The Morgan fingerprint density at radius 3 is 3.31 bits per heavy atom. The average molecular weight is 175 g/mol. The first-order valence-corrected chi connectivity index (χ1v) is 3.64. The molecule has 64 valence electrons. The highest BCUT2D eigenvalue weighted by molar-refractivity contribution is 6.19. The maximum atomic E-state index is 10.8. The summed E-state index contributed by atoms with van der Waals surface area (Å²) in [6.07, 6.45) is 5.00. The largest absolute Gasteiger partial charge is 0.346 e. The van der Waals surface area contributed by atoms with Crippen molar-refractivity contribution in [1.29, 1.82) is 0 Å². The molecule has 1 heterocycles. The van der Waals surface area contributed by atoms with Gasteiger partial charge in [-0.2, -0.15) is 4.99 Å². The van der Waals surface area contributed by atoms with E-state index >= 15 is 0 Å². The standard InChI is InChI=1S/C7H5N5O/c8-12-11-4-1-2-5-6(3-4)10-7(13)9-5/h1-4H,(H,10,13). The molecule has 1 N–H and O–H groups in total. The van der Waals surface area contributed by atoms with Gasteiger partial charge in [-0.3, -0.25) is 0 Å². The summed E-state index contributed by atoms with van der Waals surface area (Å²) in [5.74, 6) is 0. The van der Waals surface area contributed by atoms with Crippen LogP contribution in [0.1, 0.15) is 0 Å². The van der Waals surface area contributed by atoms with Crippen LogP contribution in [0.2, 0.25) is 0 Å². The van der Waals surface area contributed by atoms with Crippen LogP contribution in [-0.2, 0) is 0 Å². The van der Waals surface area contributed by atoms with Gasteiger partial charge in [-0.1, -0.05) is 11.2 Å². The maximum absolute atomic E-state index is 10.8. The quantitative estimate of drug-likeness (QED) is 0.363. The van der Waals surface area contributed by atoms with Gasteiger partial charge < -0.3 is 5.32 Å². The summed E-state index contributed by atoms with van der Waals surface area (Å²) in [7, 11) is 0. The number of carbonyl (C=O) groups is 1. The van der Waals surface area contributed by atoms with E-state index in [4.69, 9.17) is 5.53 Å². The van der Waals surface area contributed by atoms with E-state index < -0.39 is 0 Å². The first-order chi connectivity index (χ1) is 6.29. The lowest BCUT2D eigenvalue weighted by molar-refractivity contribution is 0.253. The van der Waals surface area contributed by atoms with Gasteiger partial charge in [-0.05, 0) is 17.7 Å². The van der Waals surface area contributed by atoms with E-state index in [1.165, 1.54) is 0 Å². The van der Waals surface area contributed by atoms with Gasteiger partial charge in [0.25, 0.3) is 0 Å². The SMILES string of the molecule is [N-]=[N+]=NC1C=CC2=NC(=O)NC2=C1. The molecule has 0 bridgehead atoms. The Morgan fingerprint density at radius 1 is 1.69 bits per heavy atom. The number of hydrogen-bond donors (Lipinski definition) is 1. The number of rotatable bonds is 1. The molecule has 1 aliphatic heterocycles. The van der Waals surface area contributed by atoms with Crippen molar-refractivity contribution < 1.29 is 4.79 Å². The topological polar surface area (TPSA) is 90.2 Å². The number of azide groups is 1. The van der Waals surface area contributed by atoms with Crippen molar-refractivity contribution in [2.75, 3.05) is 0 Å². The number of urea groups is 1. The Labute approximate surface area is 73.3 Å². The summed E-state index contributed by atoms with van der Waals surface area (Å²) in [4.78, 5) is 17.1. The zero-order chi connectivity index (χ0) is 9.26. The highest BCUT2D eigenvalue weighted by atomic mass is 16.2. The van der Waals surface area contributed by atoms with Crippen molar-refractivity contribution in [3.05, 3.63) is 34.4 Å². The van der Waals surface area contributed by atoms with E-state index in [1.807, 2.05) is 0 Å². The average Bonchev–Trinajstić information content (AvgIpc) is 2.44. The molecule has 0 radical (unpaired) electrons. The second kappa shape index (κ2) is 2.76. The zero-order valence-corrected chi connectivity index (χ0v) is 6.51. The highest BCUT2D eigenvalue weighted by Crippen LogP contribution is 2.14. The summed E-state index contributed by atoms with van der Waals surface area (Å²) in [5, 5.41) is 6.01. The smallest absolute Gasteiger partial charge is 0.304 e. The molecule has 0 fully saturated rings. The van der Waals surface area contributed by atoms with Gasteiger partial charge in [0.2, 0.25) is 0 Å². The van der Waals surface area contributed by atoms with Crippen molar-refractivity contribution in [3.8, 4) is 0 Å². The molecule has 0 saturated heterocycles. The third-order valence-electron chi connectivity index (χ3n) is 1.71. The number of carbonyl (C=O) groups excluding carboxylic acids is 1.